The molecule has 34 heavy (non-hydrogen) atoms. The minimum absolute atomic E-state index is 0. The Morgan fingerprint density at radius 2 is 1.68 bits per heavy atom. The number of nitrogens with zero attached hydrogens (tertiary/aromatic N) is 2. The van der Waals surface area contributed by atoms with Gasteiger partial charge in [0.2, 0.25) is 0 Å². The molecule has 0 aliphatic carbocycles. The number of allylic oxidation sites excluding steroid dienone is 2. The third-order valence-electron chi connectivity index (χ3n) is 5.29. The Labute approximate surface area is 216 Å². The number of carbonyl (C=O) groups excluding carboxylic acids is 1. The third kappa shape index (κ3) is 6.69. The van der Waals surface area contributed by atoms with Gasteiger partial charge in [0.15, 0.2) is 5.78 Å². The van der Waals surface area contributed by atoms with E-state index >= 15 is 0 Å². The summed E-state index contributed by atoms with van der Waals surface area (Å²) in [6.07, 6.45) is 5.04. The zero-order valence-electron chi connectivity index (χ0n) is 20.8. The first kappa shape index (κ1) is 27.6. The van der Waals surface area contributed by atoms with Gasteiger partial charge in [-0.05, 0) is 42.4 Å². The van der Waals surface area contributed by atoms with Crippen molar-refractivity contribution in [2.75, 3.05) is 0 Å². The fourth-order valence-electron chi connectivity index (χ4n) is 3.84. The summed E-state index contributed by atoms with van der Waals surface area (Å²) in [7, 11) is -1.35. The Morgan fingerprint density at radius 3 is 2.24 bits per heavy atom. The van der Waals surface area contributed by atoms with Gasteiger partial charge in [0.05, 0.1) is 19.3 Å². The van der Waals surface area contributed by atoms with Gasteiger partial charge in [0.25, 0.3) is 0 Å². The summed E-state index contributed by atoms with van der Waals surface area (Å²) < 4.78 is 0. The van der Waals surface area contributed by atoms with Crippen LogP contribution in [0.2, 0.25) is 19.6 Å². The van der Waals surface area contributed by atoms with Gasteiger partial charge in [-0.1, -0.05) is 50.8 Å². The van der Waals surface area contributed by atoms with E-state index in [1.807, 2.05) is 12.4 Å². The van der Waals surface area contributed by atoms with Crippen LogP contribution in [0.1, 0.15) is 25.0 Å². The molecule has 0 spiro atoms. The fourth-order valence-corrected chi connectivity index (χ4v) is 4.99. The minimum atomic E-state index is -1.35. The largest absolute Gasteiger partial charge is 0.512 e. The maximum Gasteiger partial charge on any atom is 0.155 e. The zero-order valence-corrected chi connectivity index (χ0v) is 24.2. The van der Waals surface area contributed by atoms with E-state index in [1.54, 1.807) is 0 Å². The van der Waals surface area contributed by atoms with E-state index in [0.29, 0.717) is 0 Å². The van der Waals surface area contributed by atoms with Gasteiger partial charge in [0, 0.05) is 44.0 Å². The van der Waals surface area contributed by atoms with Crippen molar-refractivity contribution in [3.05, 3.63) is 77.8 Å². The van der Waals surface area contributed by atoms with E-state index < -0.39 is 8.07 Å². The summed E-state index contributed by atoms with van der Waals surface area (Å²) in [6, 6.07) is 16.6. The van der Waals surface area contributed by atoms with Gasteiger partial charge in [-0.3, -0.25) is 9.78 Å². The van der Waals surface area contributed by atoms with E-state index in [0.717, 1.165) is 27.7 Å². The molecule has 0 fully saturated rings. The molecule has 0 saturated heterocycles. The van der Waals surface area contributed by atoms with Crippen LogP contribution in [0.5, 0.6) is 0 Å². The number of aliphatic hydroxyl groups is 1. The maximum atomic E-state index is 10.0. The molecule has 4 nitrogen and oxygen atoms in total. The molecule has 4 aromatic rings. The van der Waals surface area contributed by atoms with Crippen LogP contribution in [0.4, 0.5) is 0 Å². The molecule has 0 bridgehead atoms. The molecular formula is C28H31IrN2O2Si-. The molecule has 0 atom stereocenters. The van der Waals surface area contributed by atoms with E-state index in [9.17, 15) is 4.79 Å². The normalized spacial score (nSPS) is 11.6. The second kappa shape index (κ2) is 11.2. The summed E-state index contributed by atoms with van der Waals surface area (Å²) in [5.74, 6) is -0.0625. The van der Waals surface area contributed by atoms with Gasteiger partial charge < -0.3 is 10.1 Å². The first-order valence-electron chi connectivity index (χ1n) is 11.0. The Kier molecular flexibility index (Phi) is 9.06. The number of aromatic nitrogens is 2. The number of carbonyl (C=O) groups is 1. The Hall–Kier alpha value is -2.66. The predicted octanol–water partition coefficient (Wildman–Crippen LogP) is 6.45. The van der Waals surface area contributed by atoms with Crippen molar-refractivity contribution in [2.45, 2.75) is 47.3 Å². The van der Waals surface area contributed by atoms with Crippen LogP contribution in [-0.2, 0) is 24.9 Å². The van der Waals surface area contributed by atoms with Gasteiger partial charge in [0.1, 0.15) is 0 Å². The second-order valence-electron chi connectivity index (χ2n) is 9.51. The van der Waals surface area contributed by atoms with Gasteiger partial charge in [-0.2, -0.15) is 0 Å². The minimum Gasteiger partial charge on any atom is -0.512 e. The van der Waals surface area contributed by atoms with Crippen molar-refractivity contribution in [1.29, 1.82) is 0 Å². The summed E-state index contributed by atoms with van der Waals surface area (Å²) in [6.45, 7) is 14.1. The van der Waals surface area contributed by atoms with Gasteiger partial charge in [-0.15, -0.1) is 34.9 Å². The van der Waals surface area contributed by atoms with Crippen LogP contribution in [0, 0.1) is 19.9 Å². The smallest absolute Gasteiger partial charge is 0.155 e. The number of rotatable bonds is 3. The molecule has 4 rings (SSSR count). The standard InChI is InChI=1S/C23H23N2Si.C5H8O2.Ir/c1-15-10-16(2)12-17(11-15)23-21-14-25-22-13-18(26(3,4)5)6-7-20(22)19(21)8-9-24-23;1-4(6)3-5(2)7;/h6-11,13-14H,1-5H3;3,6H,1-2H3;/q-1;;/b;4-3-;. The van der Waals surface area contributed by atoms with Crippen LogP contribution in [-0.4, -0.2) is 28.9 Å². The summed E-state index contributed by atoms with van der Waals surface area (Å²) in [5.41, 5.74) is 5.42. The molecule has 1 N–H and O–H groups in total. The summed E-state index contributed by atoms with van der Waals surface area (Å²) >= 11 is 0. The molecule has 6 heteroatoms. The van der Waals surface area contributed by atoms with Gasteiger partial charge in [-0.25, -0.2) is 0 Å². The molecule has 2 aromatic carbocycles. The molecule has 0 aliphatic rings. The first-order valence-corrected chi connectivity index (χ1v) is 14.5. The molecule has 0 saturated carbocycles. The van der Waals surface area contributed by atoms with Crippen molar-refractivity contribution >= 4 is 40.7 Å². The van der Waals surface area contributed by atoms with Crippen molar-refractivity contribution in [3.8, 4) is 11.3 Å². The average Bonchev–Trinajstić information content (AvgIpc) is 2.70. The molecule has 2 heterocycles. The number of hydrogen-bond donors (Lipinski definition) is 1. The average molecular weight is 648 g/mol. The predicted molar refractivity (Wildman–Crippen MR) is 141 cm³/mol. The monoisotopic (exact) mass is 648 g/mol. The zero-order chi connectivity index (χ0) is 24.3. The number of aliphatic hydroxyl groups excluding tert-OH is 1. The van der Waals surface area contributed by atoms with E-state index in [-0.39, 0.29) is 31.6 Å². The van der Waals surface area contributed by atoms with E-state index in [2.05, 4.69) is 80.9 Å². The van der Waals surface area contributed by atoms with Crippen LogP contribution < -0.4 is 5.19 Å². The molecule has 1 radical (unpaired) electrons. The first-order chi connectivity index (χ1) is 15.5. The van der Waals surface area contributed by atoms with Crippen molar-refractivity contribution in [3.63, 3.8) is 0 Å². The molecule has 0 unspecified atom stereocenters. The Bertz CT molecular complexity index is 1350. The molecule has 2 aromatic heterocycles. The van der Waals surface area contributed by atoms with Crippen molar-refractivity contribution in [1.82, 2.24) is 9.97 Å². The second-order valence-corrected chi connectivity index (χ2v) is 14.6. The number of benzene rings is 2. The number of ketones is 1. The number of aryl methyl sites for hydroxylation is 2. The van der Waals surface area contributed by atoms with Gasteiger partial charge >= 0.3 is 0 Å². The van der Waals surface area contributed by atoms with E-state index in [1.165, 1.54) is 41.4 Å². The maximum absolute atomic E-state index is 10.0. The molecule has 179 valence electrons. The SMILES string of the molecule is CC(=O)/C=C(/C)O.Cc1[c-]c(-c2nccc3c2cnc2cc([Si](C)(C)C)ccc23)cc(C)c1.[Ir]. The van der Waals surface area contributed by atoms with Crippen LogP contribution >= 0.6 is 0 Å². The number of hydrogen-bond acceptors (Lipinski definition) is 4. The third-order valence-corrected chi connectivity index (χ3v) is 7.34. The molecular weight excluding hydrogens is 617 g/mol. The van der Waals surface area contributed by atoms with Crippen LogP contribution in [0.25, 0.3) is 32.9 Å². The topological polar surface area (TPSA) is 63.1 Å². The fraction of sp³-hybridized carbons (Fsp3) is 0.250. The van der Waals surface area contributed by atoms with Crippen LogP contribution in [0.3, 0.4) is 0 Å². The van der Waals surface area contributed by atoms with Crippen molar-refractivity contribution in [2.24, 2.45) is 0 Å². The quantitative estimate of drug-likeness (QED) is 0.0914. The van der Waals surface area contributed by atoms with E-state index in [4.69, 9.17) is 10.1 Å². The number of fused-ring (bicyclic) bond motifs is 3. The number of pyridine rings is 2. The Morgan fingerprint density at radius 1 is 0.971 bits per heavy atom. The van der Waals surface area contributed by atoms with Crippen LogP contribution in [0.15, 0.2) is 60.6 Å². The Balaban J connectivity index is 0.000000449. The summed E-state index contributed by atoms with van der Waals surface area (Å²) in [4.78, 5) is 19.5. The molecule has 0 amide bonds. The molecule has 0 aliphatic heterocycles. The van der Waals surface area contributed by atoms with Crippen molar-refractivity contribution < 1.29 is 30.0 Å². The summed E-state index contributed by atoms with van der Waals surface area (Å²) in [5, 5.41) is 13.3.